The molecule has 0 radical (unpaired) electrons. The van der Waals surface area contributed by atoms with Crippen molar-refractivity contribution in [3.8, 4) is 5.75 Å². The second kappa shape index (κ2) is 8.14. The van der Waals surface area contributed by atoms with Crippen LogP contribution < -0.4 is 10.1 Å². The van der Waals surface area contributed by atoms with Crippen molar-refractivity contribution in [2.24, 2.45) is 0 Å². The lowest BCUT2D eigenvalue weighted by atomic mass is 10.2. The van der Waals surface area contributed by atoms with E-state index in [9.17, 15) is 14.9 Å². The van der Waals surface area contributed by atoms with Crippen molar-refractivity contribution in [3.05, 3.63) is 86.3 Å². The van der Waals surface area contributed by atoms with E-state index in [0.717, 1.165) is 11.1 Å². The van der Waals surface area contributed by atoms with Crippen molar-refractivity contribution in [1.82, 2.24) is 0 Å². The van der Waals surface area contributed by atoms with Gasteiger partial charge in [0.25, 0.3) is 11.6 Å². The molecule has 7 nitrogen and oxygen atoms in total. The number of nitro benzene ring substituents is 1. The van der Waals surface area contributed by atoms with Gasteiger partial charge in [-0.3, -0.25) is 14.9 Å². The average Bonchev–Trinajstić information content (AvgIpc) is 3.12. The summed E-state index contributed by atoms with van der Waals surface area (Å²) < 4.78 is 11.2. The minimum Gasteiger partial charge on any atom is -0.484 e. The smallest absolute Gasteiger partial charge is 0.293 e. The summed E-state index contributed by atoms with van der Waals surface area (Å²) in [5, 5.41) is 14.2. The highest BCUT2D eigenvalue weighted by atomic mass is 35.5. The Bertz CT molecular complexity index is 1020. The lowest BCUT2D eigenvalue weighted by Gasteiger charge is -2.09. The summed E-state index contributed by atoms with van der Waals surface area (Å²) in [6, 6.07) is 13.1. The maximum Gasteiger partial charge on any atom is 0.293 e. The number of benzene rings is 2. The Labute approximate surface area is 166 Å². The van der Waals surface area contributed by atoms with E-state index in [0.29, 0.717) is 16.5 Å². The lowest BCUT2D eigenvalue weighted by Crippen LogP contribution is -2.12. The fourth-order valence-corrected chi connectivity index (χ4v) is 2.88. The lowest BCUT2D eigenvalue weighted by molar-refractivity contribution is -0.384. The molecule has 3 rings (SSSR count). The first-order valence-electron chi connectivity index (χ1n) is 8.38. The molecule has 0 aliphatic heterocycles. The number of carbonyl (C=O) groups excluding carboxylic acids is 1. The molecule has 8 heteroatoms. The highest BCUT2D eigenvalue weighted by Crippen LogP contribution is 2.29. The van der Waals surface area contributed by atoms with E-state index in [1.165, 1.54) is 18.2 Å². The minimum absolute atomic E-state index is 0.0179. The molecule has 1 amide bonds. The van der Waals surface area contributed by atoms with Gasteiger partial charge >= 0.3 is 0 Å². The van der Waals surface area contributed by atoms with Gasteiger partial charge in [-0.05, 0) is 49.2 Å². The number of furan rings is 1. The zero-order valence-corrected chi connectivity index (χ0v) is 15.9. The summed E-state index contributed by atoms with van der Waals surface area (Å²) in [5.41, 5.74) is 1.51. The van der Waals surface area contributed by atoms with Gasteiger partial charge in [-0.25, -0.2) is 0 Å². The third-order valence-corrected chi connectivity index (χ3v) is 4.30. The molecule has 0 atom stereocenters. The molecular weight excluding hydrogens is 384 g/mol. The normalized spacial score (nSPS) is 10.5. The van der Waals surface area contributed by atoms with Crippen LogP contribution >= 0.6 is 11.6 Å². The topological polar surface area (TPSA) is 94.6 Å². The van der Waals surface area contributed by atoms with Crippen LogP contribution in [0.1, 0.15) is 27.4 Å². The summed E-state index contributed by atoms with van der Waals surface area (Å²) in [6.07, 6.45) is 0. The number of rotatable bonds is 6. The number of anilines is 1. The van der Waals surface area contributed by atoms with Crippen molar-refractivity contribution >= 4 is 28.9 Å². The van der Waals surface area contributed by atoms with Crippen LogP contribution in [0.15, 0.2) is 52.9 Å². The summed E-state index contributed by atoms with van der Waals surface area (Å²) in [6.45, 7) is 3.69. The van der Waals surface area contributed by atoms with Gasteiger partial charge in [0.05, 0.1) is 9.95 Å². The zero-order valence-electron chi connectivity index (χ0n) is 15.2. The summed E-state index contributed by atoms with van der Waals surface area (Å²) >= 11 is 6.12. The minimum atomic E-state index is -0.591. The molecule has 0 bridgehead atoms. The van der Waals surface area contributed by atoms with Crippen LogP contribution in [0.25, 0.3) is 0 Å². The Balaban J connectivity index is 1.70. The number of hydrogen-bond donors (Lipinski definition) is 1. The first-order chi connectivity index (χ1) is 13.3. The molecule has 0 saturated heterocycles. The average molecular weight is 401 g/mol. The highest BCUT2D eigenvalue weighted by Gasteiger charge is 2.19. The molecule has 144 valence electrons. The SMILES string of the molecule is Cc1ccc(NC(=O)c2ccc(COc3c(C)cccc3Cl)o2)c([N+](=O)[O-])c1. The number of ether oxygens (including phenoxy) is 1. The van der Waals surface area contributed by atoms with Crippen molar-refractivity contribution in [3.63, 3.8) is 0 Å². The van der Waals surface area contributed by atoms with Gasteiger partial charge < -0.3 is 14.5 Å². The Morgan fingerprint density at radius 3 is 2.71 bits per heavy atom. The number of para-hydroxylation sites is 1. The highest BCUT2D eigenvalue weighted by molar-refractivity contribution is 6.32. The molecule has 0 fully saturated rings. The Hall–Kier alpha value is -3.32. The van der Waals surface area contributed by atoms with E-state index >= 15 is 0 Å². The van der Waals surface area contributed by atoms with Gasteiger partial charge in [0.15, 0.2) is 5.76 Å². The Kier molecular flexibility index (Phi) is 5.65. The number of halogens is 1. The van der Waals surface area contributed by atoms with E-state index in [-0.39, 0.29) is 23.7 Å². The van der Waals surface area contributed by atoms with Crippen molar-refractivity contribution in [2.45, 2.75) is 20.5 Å². The molecular formula is C20H17ClN2O5. The molecule has 1 N–H and O–H groups in total. The van der Waals surface area contributed by atoms with Crippen LogP contribution in [0, 0.1) is 24.0 Å². The van der Waals surface area contributed by atoms with E-state index in [4.69, 9.17) is 20.8 Å². The van der Waals surface area contributed by atoms with Gasteiger partial charge in [0.1, 0.15) is 23.8 Å². The second-order valence-electron chi connectivity index (χ2n) is 6.17. The number of hydrogen-bond acceptors (Lipinski definition) is 5. The molecule has 1 aromatic heterocycles. The first kappa shape index (κ1) is 19.4. The third kappa shape index (κ3) is 4.32. The van der Waals surface area contributed by atoms with Crippen LogP contribution in [0.5, 0.6) is 5.75 Å². The maximum atomic E-state index is 12.4. The van der Waals surface area contributed by atoms with E-state index in [2.05, 4.69) is 5.32 Å². The zero-order chi connectivity index (χ0) is 20.3. The van der Waals surface area contributed by atoms with Gasteiger partial charge in [-0.15, -0.1) is 0 Å². The van der Waals surface area contributed by atoms with Crippen molar-refractivity contribution in [1.29, 1.82) is 0 Å². The first-order valence-corrected chi connectivity index (χ1v) is 8.76. The molecule has 0 aliphatic carbocycles. The molecule has 0 saturated carbocycles. The predicted octanol–water partition coefficient (Wildman–Crippen LogP) is 5.29. The monoisotopic (exact) mass is 400 g/mol. The summed E-state index contributed by atoms with van der Waals surface area (Å²) in [5.74, 6) is 0.390. The van der Waals surface area contributed by atoms with Crippen LogP contribution in [0.3, 0.4) is 0 Å². The summed E-state index contributed by atoms with van der Waals surface area (Å²) in [4.78, 5) is 23.0. The van der Waals surface area contributed by atoms with Crippen LogP contribution in [-0.4, -0.2) is 10.8 Å². The van der Waals surface area contributed by atoms with Crippen LogP contribution in [0.2, 0.25) is 5.02 Å². The van der Waals surface area contributed by atoms with E-state index in [1.54, 1.807) is 25.1 Å². The quantitative estimate of drug-likeness (QED) is 0.448. The van der Waals surface area contributed by atoms with E-state index in [1.807, 2.05) is 19.1 Å². The molecule has 0 aliphatic rings. The molecule has 0 unspecified atom stereocenters. The largest absolute Gasteiger partial charge is 0.484 e. The standard InChI is InChI=1S/C20H17ClN2O5/c1-12-6-8-16(17(10-12)23(25)26)22-20(24)18-9-7-14(28-18)11-27-19-13(2)4-3-5-15(19)21/h3-10H,11H2,1-2H3,(H,22,24). The molecule has 28 heavy (non-hydrogen) atoms. The predicted molar refractivity (Wildman–Crippen MR) is 105 cm³/mol. The van der Waals surface area contributed by atoms with Crippen LogP contribution in [0.4, 0.5) is 11.4 Å². The third-order valence-electron chi connectivity index (χ3n) is 4.01. The van der Waals surface area contributed by atoms with Crippen molar-refractivity contribution in [2.75, 3.05) is 5.32 Å². The maximum absolute atomic E-state index is 12.4. The molecule has 3 aromatic rings. The van der Waals surface area contributed by atoms with Crippen LogP contribution in [-0.2, 0) is 6.61 Å². The Morgan fingerprint density at radius 2 is 2.00 bits per heavy atom. The molecule has 0 spiro atoms. The van der Waals surface area contributed by atoms with Gasteiger partial charge in [-0.2, -0.15) is 0 Å². The Morgan fingerprint density at radius 1 is 1.21 bits per heavy atom. The van der Waals surface area contributed by atoms with E-state index < -0.39 is 10.8 Å². The number of aryl methyl sites for hydroxylation is 2. The molecule has 1 heterocycles. The van der Waals surface area contributed by atoms with Gasteiger partial charge in [-0.1, -0.05) is 29.8 Å². The summed E-state index contributed by atoms with van der Waals surface area (Å²) in [7, 11) is 0. The fourth-order valence-electron chi connectivity index (χ4n) is 2.60. The second-order valence-corrected chi connectivity index (χ2v) is 6.58. The van der Waals surface area contributed by atoms with Gasteiger partial charge in [0.2, 0.25) is 0 Å². The number of nitro groups is 1. The van der Waals surface area contributed by atoms with Gasteiger partial charge in [0, 0.05) is 6.07 Å². The number of carbonyl (C=O) groups is 1. The molecule has 2 aromatic carbocycles. The van der Waals surface area contributed by atoms with Crippen molar-refractivity contribution < 1.29 is 18.9 Å². The number of nitrogens with zero attached hydrogens (tertiary/aromatic N) is 1. The number of nitrogens with one attached hydrogen (secondary N) is 1. The fraction of sp³-hybridized carbons (Fsp3) is 0.150. The number of amides is 1.